The summed E-state index contributed by atoms with van der Waals surface area (Å²) in [5, 5.41) is 6.09. The van der Waals surface area contributed by atoms with Crippen LogP contribution in [-0.2, 0) is 16.0 Å². The van der Waals surface area contributed by atoms with Crippen LogP contribution < -0.4 is 10.6 Å². The number of nitrogens with one attached hydrogen (secondary N) is 2. The molecule has 0 fully saturated rings. The van der Waals surface area contributed by atoms with Gasteiger partial charge < -0.3 is 10.6 Å². The molecule has 2 rings (SSSR count). The average Bonchev–Trinajstić information content (AvgIpc) is 2.52. The van der Waals surface area contributed by atoms with Crippen LogP contribution in [0.4, 0.5) is 0 Å². The van der Waals surface area contributed by atoms with E-state index in [9.17, 15) is 9.59 Å². The number of aryl methyl sites for hydroxylation is 1. The minimum Gasteiger partial charge on any atom is -0.350 e. The third-order valence-electron chi connectivity index (χ3n) is 4.40. The summed E-state index contributed by atoms with van der Waals surface area (Å²) in [6.45, 7) is 8.96. The molecule has 1 atom stereocenters. The van der Waals surface area contributed by atoms with Crippen LogP contribution in [0.1, 0.15) is 57.7 Å². The number of nitrogens with zero attached hydrogens (tertiary/aromatic N) is 1. The highest BCUT2D eigenvalue weighted by Crippen LogP contribution is 2.29. The first-order valence-corrected chi connectivity index (χ1v) is 9.19. The number of carbonyl (C=O) groups excluding carboxylic acids is 2. The number of amides is 2. The van der Waals surface area contributed by atoms with E-state index >= 15 is 0 Å². The molecular weight excluding hydrogens is 314 g/mol. The van der Waals surface area contributed by atoms with Gasteiger partial charge in [0.25, 0.3) is 0 Å². The molecule has 5 heteroatoms. The van der Waals surface area contributed by atoms with Crippen molar-refractivity contribution in [1.29, 1.82) is 0 Å². The number of likely N-dealkylation sites (N-methyl/N-ethyl adjacent to an activating group) is 1. The SMILES string of the molecule is CCN(CC(=O)NC1CCCc2ccccc21)CC(=O)NC(C)(C)C. The molecule has 0 saturated carbocycles. The molecule has 138 valence electrons. The first-order valence-electron chi connectivity index (χ1n) is 9.19. The van der Waals surface area contributed by atoms with Crippen molar-refractivity contribution < 1.29 is 9.59 Å². The molecule has 5 nitrogen and oxygen atoms in total. The van der Waals surface area contributed by atoms with Crippen molar-refractivity contribution in [1.82, 2.24) is 15.5 Å². The monoisotopic (exact) mass is 345 g/mol. The Bertz CT molecular complexity index is 607. The van der Waals surface area contributed by atoms with Gasteiger partial charge in [-0.1, -0.05) is 31.2 Å². The Morgan fingerprint density at radius 3 is 2.52 bits per heavy atom. The first kappa shape index (κ1) is 19.4. The molecule has 1 aliphatic rings. The molecule has 0 saturated heterocycles. The number of hydrogen-bond donors (Lipinski definition) is 2. The lowest BCUT2D eigenvalue weighted by Crippen LogP contribution is -2.48. The van der Waals surface area contributed by atoms with E-state index in [4.69, 9.17) is 0 Å². The molecule has 1 aliphatic carbocycles. The van der Waals surface area contributed by atoms with Gasteiger partial charge in [0.1, 0.15) is 0 Å². The summed E-state index contributed by atoms with van der Waals surface area (Å²) in [5.41, 5.74) is 2.30. The van der Waals surface area contributed by atoms with Gasteiger partial charge in [-0.2, -0.15) is 0 Å². The summed E-state index contributed by atoms with van der Waals surface area (Å²) in [7, 11) is 0. The smallest absolute Gasteiger partial charge is 0.234 e. The number of carbonyl (C=O) groups is 2. The maximum Gasteiger partial charge on any atom is 0.234 e. The van der Waals surface area contributed by atoms with Gasteiger partial charge in [-0.25, -0.2) is 0 Å². The second-order valence-electron chi connectivity index (χ2n) is 7.81. The van der Waals surface area contributed by atoms with Crippen molar-refractivity contribution in [3.63, 3.8) is 0 Å². The fourth-order valence-corrected chi connectivity index (χ4v) is 3.29. The van der Waals surface area contributed by atoms with Gasteiger partial charge in [-0.05, 0) is 57.7 Å². The van der Waals surface area contributed by atoms with Gasteiger partial charge in [0.2, 0.25) is 11.8 Å². The van der Waals surface area contributed by atoms with Crippen LogP contribution in [0.2, 0.25) is 0 Å². The predicted octanol–water partition coefficient (Wildman–Crippen LogP) is 2.42. The number of hydrogen-bond acceptors (Lipinski definition) is 3. The minimum absolute atomic E-state index is 0.0212. The van der Waals surface area contributed by atoms with E-state index in [1.165, 1.54) is 11.1 Å². The van der Waals surface area contributed by atoms with Crippen LogP contribution in [-0.4, -0.2) is 41.9 Å². The molecule has 2 amide bonds. The number of benzene rings is 1. The molecule has 0 bridgehead atoms. The molecule has 0 spiro atoms. The fraction of sp³-hybridized carbons (Fsp3) is 0.600. The van der Waals surface area contributed by atoms with Crippen molar-refractivity contribution in [2.24, 2.45) is 0 Å². The van der Waals surface area contributed by atoms with Crippen molar-refractivity contribution in [3.05, 3.63) is 35.4 Å². The highest BCUT2D eigenvalue weighted by molar-refractivity contribution is 5.81. The molecule has 0 heterocycles. The molecule has 1 aromatic carbocycles. The minimum atomic E-state index is -0.259. The zero-order chi connectivity index (χ0) is 18.4. The molecule has 1 aromatic rings. The van der Waals surface area contributed by atoms with E-state index in [-0.39, 0.29) is 36.5 Å². The third-order valence-corrected chi connectivity index (χ3v) is 4.40. The second-order valence-corrected chi connectivity index (χ2v) is 7.81. The van der Waals surface area contributed by atoms with Gasteiger partial charge in [-0.3, -0.25) is 14.5 Å². The summed E-state index contributed by atoms with van der Waals surface area (Å²) >= 11 is 0. The topological polar surface area (TPSA) is 61.4 Å². The van der Waals surface area contributed by atoms with E-state index in [1.54, 1.807) is 0 Å². The maximum absolute atomic E-state index is 12.5. The fourth-order valence-electron chi connectivity index (χ4n) is 3.29. The van der Waals surface area contributed by atoms with Crippen molar-refractivity contribution in [2.45, 2.75) is 58.5 Å². The van der Waals surface area contributed by atoms with Crippen LogP contribution in [0.5, 0.6) is 0 Å². The zero-order valence-corrected chi connectivity index (χ0v) is 15.9. The highest BCUT2D eigenvalue weighted by atomic mass is 16.2. The van der Waals surface area contributed by atoms with Crippen LogP contribution >= 0.6 is 0 Å². The van der Waals surface area contributed by atoms with Crippen molar-refractivity contribution >= 4 is 11.8 Å². The first-order chi connectivity index (χ1) is 11.8. The second kappa shape index (κ2) is 8.48. The molecule has 0 aliphatic heterocycles. The summed E-state index contributed by atoms with van der Waals surface area (Å²) < 4.78 is 0. The van der Waals surface area contributed by atoms with Crippen LogP contribution in [0, 0.1) is 0 Å². The zero-order valence-electron chi connectivity index (χ0n) is 15.9. The van der Waals surface area contributed by atoms with E-state index in [0.29, 0.717) is 6.54 Å². The Morgan fingerprint density at radius 1 is 1.16 bits per heavy atom. The third kappa shape index (κ3) is 6.16. The van der Waals surface area contributed by atoms with E-state index < -0.39 is 0 Å². The predicted molar refractivity (Wildman–Crippen MR) is 100 cm³/mol. The summed E-state index contributed by atoms with van der Waals surface area (Å²) in [4.78, 5) is 26.4. The van der Waals surface area contributed by atoms with Crippen molar-refractivity contribution in [3.8, 4) is 0 Å². The molecule has 2 N–H and O–H groups in total. The van der Waals surface area contributed by atoms with E-state index in [1.807, 2.05) is 38.7 Å². The Morgan fingerprint density at radius 2 is 1.84 bits per heavy atom. The van der Waals surface area contributed by atoms with E-state index in [2.05, 4.69) is 28.8 Å². The normalized spacial score (nSPS) is 17.1. The van der Waals surface area contributed by atoms with Crippen LogP contribution in [0.15, 0.2) is 24.3 Å². The standard InChI is InChI=1S/C20H31N3O2/c1-5-23(14-19(25)22-20(2,3)4)13-18(24)21-17-12-8-10-15-9-6-7-11-16(15)17/h6-7,9,11,17H,5,8,10,12-14H2,1-4H3,(H,21,24)(H,22,25). The van der Waals surface area contributed by atoms with Crippen LogP contribution in [0.25, 0.3) is 0 Å². The lowest BCUT2D eigenvalue weighted by atomic mass is 9.88. The van der Waals surface area contributed by atoms with Gasteiger partial charge in [0, 0.05) is 5.54 Å². The highest BCUT2D eigenvalue weighted by Gasteiger charge is 2.23. The molecular formula is C20H31N3O2. The summed E-state index contributed by atoms with van der Waals surface area (Å²) in [5.74, 6) is -0.0720. The summed E-state index contributed by atoms with van der Waals surface area (Å²) in [6.07, 6.45) is 3.14. The Kier molecular flexibility index (Phi) is 6.59. The Hall–Kier alpha value is -1.88. The molecule has 0 aromatic heterocycles. The van der Waals surface area contributed by atoms with Crippen molar-refractivity contribution in [2.75, 3.05) is 19.6 Å². The van der Waals surface area contributed by atoms with E-state index in [0.717, 1.165) is 19.3 Å². The van der Waals surface area contributed by atoms with Gasteiger partial charge >= 0.3 is 0 Å². The number of fused-ring (bicyclic) bond motifs is 1. The Balaban J connectivity index is 1.89. The quantitative estimate of drug-likeness (QED) is 0.832. The molecule has 25 heavy (non-hydrogen) atoms. The van der Waals surface area contributed by atoms with Crippen LogP contribution in [0.3, 0.4) is 0 Å². The molecule has 1 unspecified atom stereocenters. The Labute approximate surface area is 151 Å². The maximum atomic E-state index is 12.5. The number of rotatable bonds is 6. The average molecular weight is 345 g/mol. The largest absolute Gasteiger partial charge is 0.350 e. The molecule has 0 radical (unpaired) electrons. The van der Waals surface area contributed by atoms with Gasteiger partial charge in [-0.15, -0.1) is 0 Å². The lowest BCUT2D eigenvalue weighted by Gasteiger charge is -2.28. The summed E-state index contributed by atoms with van der Waals surface area (Å²) in [6, 6.07) is 8.41. The lowest BCUT2D eigenvalue weighted by molar-refractivity contribution is -0.126. The van der Waals surface area contributed by atoms with Gasteiger partial charge in [0.05, 0.1) is 19.1 Å². The van der Waals surface area contributed by atoms with Gasteiger partial charge in [0.15, 0.2) is 0 Å².